The maximum absolute atomic E-state index is 12.6. The summed E-state index contributed by atoms with van der Waals surface area (Å²) in [6.45, 7) is 2.17. The molecule has 0 aliphatic carbocycles. The fourth-order valence-corrected chi connectivity index (χ4v) is 4.20. The molecule has 2 atom stereocenters. The molecule has 2 unspecified atom stereocenters. The Kier molecular flexibility index (Phi) is 5.24. The molecule has 118 valence electrons. The Balaban J connectivity index is 2.30. The minimum atomic E-state index is -3.67. The highest BCUT2D eigenvalue weighted by molar-refractivity contribution is 7.89. The topological polar surface area (TPSA) is 92.9 Å². The second kappa shape index (κ2) is 6.60. The van der Waals surface area contributed by atoms with Crippen molar-refractivity contribution in [3.05, 3.63) is 28.8 Å². The van der Waals surface area contributed by atoms with Crippen LogP contribution >= 0.6 is 11.6 Å². The predicted molar refractivity (Wildman–Crippen MR) is 79.5 cm³/mol. The van der Waals surface area contributed by atoms with Gasteiger partial charge in [0.1, 0.15) is 0 Å². The monoisotopic (exact) mass is 334 g/mol. The third-order valence-electron chi connectivity index (χ3n) is 3.38. The predicted octanol–water partition coefficient (Wildman–Crippen LogP) is 0.569. The minimum absolute atomic E-state index is 0.121. The quantitative estimate of drug-likeness (QED) is 0.839. The molecule has 1 fully saturated rings. The van der Waals surface area contributed by atoms with E-state index in [1.165, 1.54) is 16.4 Å². The number of rotatable bonds is 4. The molecular weight excluding hydrogens is 316 g/mol. The van der Waals surface area contributed by atoms with Gasteiger partial charge in [-0.15, -0.1) is 0 Å². The van der Waals surface area contributed by atoms with Crippen LogP contribution in [0.2, 0.25) is 5.02 Å². The van der Waals surface area contributed by atoms with Gasteiger partial charge in [-0.25, -0.2) is 8.42 Å². The first-order chi connectivity index (χ1) is 9.88. The molecule has 0 amide bonds. The summed E-state index contributed by atoms with van der Waals surface area (Å²) in [5, 5.41) is 9.53. The number of aliphatic hydroxyl groups excluding tert-OH is 1. The van der Waals surface area contributed by atoms with Gasteiger partial charge < -0.3 is 15.6 Å². The highest BCUT2D eigenvalue weighted by atomic mass is 35.5. The van der Waals surface area contributed by atoms with Gasteiger partial charge in [0.25, 0.3) is 0 Å². The fourth-order valence-electron chi connectivity index (χ4n) is 2.30. The lowest BCUT2D eigenvalue weighted by Crippen LogP contribution is -2.50. The molecule has 6 nitrogen and oxygen atoms in total. The van der Waals surface area contributed by atoms with Gasteiger partial charge in [-0.2, -0.15) is 4.31 Å². The average molecular weight is 335 g/mol. The summed E-state index contributed by atoms with van der Waals surface area (Å²) in [4.78, 5) is 0.121. The number of aliphatic hydroxyl groups is 1. The summed E-state index contributed by atoms with van der Waals surface area (Å²) in [6.07, 6.45) is -0.785. The molecule has 21 heavy (non-hydrogen) atoms. The van der Waals surface area contributed by atoms with Crippen LogP contribution in [0.5, 0.6) is 0 Å². The Bertz CT molecular complexity index is 608. The van der Waals surface area contributed by atoms with Crippen molar-refractivity contribution in [1.29, 1.82) is 0 Å². The summed E-state index contributed by atoms with van der Waals surface area (Å²) in [6, 6.07) is 4.52. The number of nitrogens with two attached hydrogens (primary N) is 1. The second-order valence-electron chi connectivity index (χ2n) is 5.03. The van der Waals surface area contributed by atoms with Crippen molar-refractivity contribution >= 4 is 21.6 Å². The summed E-state index contributed by atoms with van der Waals surface area (Å²) in [5.74, 6) is 0. The van der Waals surface area contributed by atoms with Gasteiger partial charge in [0.2, 0.25) is 10.0 Å². The van der Waals surface area contributed by atoms with Gasteiger partial charge in [0.15, 0.2) is 0 Å². The molecule has 2 rings (SSSR count). The molecule has 0 aromatic heterocycles. The van der Waals surface area contributed by atoms with Gasteiger partial charge in [0.05, 0.1) is 23.7 Å². The maximum Gasteiger partial charge on any atom is 0.243 e. The molecule has 1 heterocycles. The van der Waals surface area contributed by atoms with Crippen LogP contribution in [0.4, 0.5) is 0 Å². The van der Waals surface area contributed by atoms with Crippen molar-refractivity contribution < 1.29 is 18.3 Å². The highest BCUT2D eigenvalue weighted by Crippen LogP contribution is 2.25. The third-order valence-corrected chi connectivity index (χ3v) is 5.56. The molecule has 1 aromatic rings. The van der Waals surface area contributed by atoms with E-state index in [-0.39, 0.29) is 37.2 Å². The normalized spacial score (nSPS) is 24.2. The first kappa shape index (κ1) is 16.7. The third kappa shape index (κ3) is 3.56. The average Bonchev–Trinajstić information content (AvgIpc) is 2.46. The molecule has 1 saturated heterocycles. The van der Waals surface area contributed by atoms with Crippen molar-refractivity contribution in [3.8, 4) is 0 Å². The zero-order valence-corrected chi connectivity index (χ0v) is 13.3. The summed E-state index contributed by atoms with van der Waals surface area (Å²) in [5.41, 5.74) is 6.21. The molecule has 0 saturated carbocycles. The standard InChI is InChI=1S/C13H19ClN2O4S/c1-9-6-16(7-11(8-17)20-9)21(18,19)12-3-2-10(5-15)13(14)4-12/h2-4,9,11,17H,5-8,15H2,1H3. The van der Waals surface area contributed by atoms with Gasteiger partial charge >= 0.3 is 0 Å². The van der Waals surface area contributed by atoms with Crippen LogP contribution in [0, 0.1) is 0 Å². The van der Waals surface area contributed by atoms with E-state index < -0.39 is 16.1 Å². The molecule has 3 N–H and O–H groups in total. The number of morpholine rings is 1. The van der Waals surface area contributed by atoms with Crippen molar-refractivity contribution in [2.75, 3.05) is 19.7 Å². The number of hydrogen-bond donors (Lipinski definition) is 2. The number of sulfonamides is 1. The Labute approximate surface area is 129 Å². The van der Waals surface area contributed by atoms with Crippen molar-refractivity contribution in [2.45, 2.75) is 30.6 Å². The molecule has 1 aliphatic heterocycles. The van der Waals surface area contributed by atoms with Gasteiger partial charge in [0, 0.05) is 24.7 Å². The highest BCUT2D eigenvalue weighted by Gasteiger charge is 2.33. The largest absolute Gasteiger partial charge is 0.394 e. The van der Waals surface area contributed by atoms with Crippen LogP contribution in [0.3, 0.4) is 0 Å². The van der Waals surface area contributed by atoms with Crippen LogP contribution in [-0.2, 0) is 21.3 Å². The van der Waals surface area contributed by atoms with E-state index in [2.05, 4.69) is 0 Å². The van der Waals surface area contributed by atoms with Crippen molar-refractivity contribution in [1.82, 2.24) is 4.31 Å². The second-order valence-corrected chi connectivity index (χ2v) is 7.38. The molecule has 0 radical (unpaired) electrons. The maximum atomic E-state index is 12.6. The Hall–Kier alpha value is -0.700. The lowest BCUT2D eigenvalue weighted by atomic mass is 10.2. The van der Waals surface area contributed by atoms with E-state index in [0.29, 0.717) is 10.6 Å². The van der Waals surface area contributed by atoms with Crippen LogP contribution in [0.1, 0.15) is 12.5 Å². The number of hydrogen-bond acceptors (Lipinski definition) is 5. The molecular formula is C13H19ClN2O4S. The summed E-state index contributed by atoms with van der Waals surface area (Å²) < 4.78 is 32.1. The molecule has 0 spiro atoms. The van der Waals surface area contributed by atoms with Gasteiger partial charge in [-0.3, -0.25) is 0 Å². The Morgan fingerprint density at radius 2 is 2.19 bits per heavy atom. The van der Waals surface area contributed by atoms with E-state index in [0.717, 1.165) is 0 Å². The smallest absolute Gasteiger partial charge is 0.243 e. The molecule has 1 aromatic carbocycles. The zero-order valence-electron chi connectivity index (χ0n) is 11.7. The van der Waals surface area contributed by atoms with E-state index in [9.17, 15) is 13.5 Å². The number of nitrogens with zero attached hydrogens (tertiary/aromatic N) is 1. The minimum Gasteiger partial charge on any atom is -0.394 e. The lowest BCUT2D eigenvalue weighted by Gasteiger charge is -2.35. The first-order valence-corrected chi connectivity index (χ1v) is 8.45. The van der Waals surface area contributed by atoms with E-state index in [4.69, 9.17) is 22.1 Å². The van der Waals surface area contributed by atoms with Gasteiger partial charge in [-0.05, 0) is 24.6 Å². The molecule has 8 heteroatoms. The number of ether oxygens (including phenoxy) is 1. The number of halogens is 1. The summed E-state index contributed by atoms with van der Waals surface area (Å²) in [7, 11) is -3.67. The van der Waals surface area contributed by atoms with Crippen molar-refractivity contribution in [3.63, 3.8) is 0 Å². The fraction of sp³-hybridized carbons (Fsp3) is 0.538. The Morgan fingerprint density at radius 3 is 2.76 bits per heavy atom. The van der Waals surface area contributed by atoms with Crippen LogP contribution in [0.25, 0.3) is 0 Å². The SMILES string of the molecule is CC1CN(S(=O)(=O)c2ccc(CN)c(Cl)c2)CC(CO)O1. The number of benzene rings is 1. The van der Waals surface area contributed by atoms with Crippen molar-refractivity contribution in [2.24, 2.45) is 5.73 Å². The van der Waals surface area contributed by atoms with E-state index in [1.807, 2.05) is 0 Å². The molecule has 1 aliphatic rings. The van der Waals surface area contributed by atoms with Gasteiger partial charge in [-0.1, -0.05) is 17.7 Å². The zero-order chi connectivity index (χ0) is 15.6. The van der Waals surface area contributed by atoms with E-state index >= 15 is 0 Å². The first-order valence-electron chi connectivity index (χ1n) is 6.63. The van der Waals surface area contributed by atoms with E-state index in [1.54, 1.807) is 13.0 Å². The Morgan fingerprint density at radius 1 is 1.48 bits per heavy atom. The van der Waals surface area contributed by atoms with Crippen LogP contribution < -0.4 is 5.73 Å². The molecule has 0 bridgehead atoms. The summed E-state index contributed by atoms with van der Waals surface area (Å²) >= 11 is 6.03. The van der Waals surface area contributed by atoms with Crippen LogP contribution in [0.15, 0.2) is 23.1 Å². The van der Waals surface area contributed by atoms with Crippen LogP contribution in [-0.4, -0.2) is 49.7 Å². The lowest BCUT2D eigenvalue weighted by molar-refractivity contribution is -0.0750.